The minimum atomic E-state index is -1.06. The lowest BCUT2D eigenvalue weighted by Gasteiger charge is -2.36. The molecule has 1 unspecified atom stereocenters. The van der Waals surface area contributed by atoms with E-state index in [1.165, 1.54) is 0 Å². The van der Waals surface area contributed by atoms with Gasteiger partial charge in [0.2, 0.25) is 11.9 Å². The highest BCUT2D eigenvalue weighted by Gasteiger charge is 2.37. The van der Waals surface area contributed by atoms with Crippen molar-refractivity contribution < 1.29 is 19.1 Å². The number of rotatable bonds is 7. The summed E-state index contributed by atoms with van der Waals surface area (Å²) in [6.45, 7) is 5.23. The SMILES string of the molecule is COc1ccccc1N1CCN(CCCNC(=O)C2Oc3ccccc3C2=O)CC1. The van der Waals surface area contributed by atoms with Crippen LogP contribution in [0.5, 0.6) is 11.5 Å². The summed E-state index contributed by atoms with van der Waals surface area (Å²) in [5, 5.41) is 2.84. The molecule has 4 rings (SSSR count). The number of carbonyl (C=O) groups excluding carboxylic acids is 2. The Bertz CT molecular complexity index is 909. The molecule has 7 nitrogen and oxygen atoms in total. The smallest absolute Gasteiger partial charge is 0.269 e. The van der Waals surface area contributed by atoms with Crippen molar-refractivity contribution in [1.29, 1.82) is 0 Å². The standard InChI is InChI=1S/C23H27N3O4/c1-29-20-10-5-3-8-18(20)26-15-13-25(14-16-26)12-6-11-24-23(28)22-21(27)17-7-2-4-9-19(17)30-22/h2-5,7-10,22H,6,11-16H2,1H3,(H,24,28). The molecule has 7 heteroatoms. The Morgan fingerprint density at radius 2 is 1.83 bits per heavy atom. The van der Waals surface area contributed by atoms with E-state index < -0.39 is 6.10 Å². The lowest BCUT2D eigenvalue weighted by Crippen LogP contribution is -2.47. The fourth-order valence-corrected chi connectivity index (χ4v) is 3.98. The van der Waals surface area contributed by atoms with Gasteiger partial charge in [-0.25, -0.2) is 0 Å². The average molecular weight is 409 g/mol. The van der Waals surface area contributed by atoms with Crippen molar-refractivity contribution in [2.75, 3.05) is 51.3 Å². The summed E-state index contributed by atoms with van der Waals surface area (Å²) < 4.78 is 11.0. The number of fused-ring (bicyclic) bond motifs is 1. The molecule has 0 spiro atoms. The van der Waals surface area contributed by atoms with E-state index >= 15 is 0 Å². The average Bonchev–Trinajstić information content (AvgIpc) is 3.14. The number of amides is 1. The monoisotopic (exact) mass is 409 g/mol. The molecule has 0 bridgehead atoms. The second-order valence-corrected chi connectivity index (χ2v) is 7.50. The summed E-state index contributed by atoms with van der Waals surface area (Å²) in [5.74, 6) is 0.753. The van der Waals surface area contributed by atoms with Crippen molar-refractivity contribution in [3.05, 3.63) is 54.1 Å². The third-order valence-corrected chi connectivity index (χ3v) is 5.62. The number of ketones is 1. The molecule has 2 heterocycles. The van der Waals surface area contributed by atoms with E-state index in [4.69, 9.17) is 9.47 Å². The van der Waals surface area contributed by atoms with Gasteiger partial charge in [0.15, 0.2) is 0 Å². The minimum Gasteiger partial charge on any atom is -0.495 e. The van der Waals surface area contributed by atoms with Gasteiger partial charge in [0.1, 0.15) is 11.5 Å². The van der Waals surface area contributed by atoms with Crippen LogP contribution < -0.4 is 19.7 Å². The van der Waals surface area contributed by atoms with Crippen molar-refractivity contribution in [3.63, 3.8) is 0 Å². The molecule has 1 amide bonds. The lowest BCUT2D eigenvalue weighted by molar-refractivity contribution is -0.125. The fraction of sp³-hybridized carbons (Fsp3) is 0.391. The molecular formula is C23H27N3O4. The Morgan fingerprint density at radius 3 is 2.60 bits per heavy atom. The number of hydrogen-bond donors (Lipinski definition) is 1. The maximum absolute atomic E-state index is 12.3. The van der Waals surface area contributed by atoms with Crippen LogP contribution in [0.1, 0.15) is 16.8 Å². The second-order valence-electron chi connectivity index (χ2n) is 7.50. The summed E-state index contributed by atoms with van der Waals surface area (Å²) in [7, 11) is 1.70. The zero-order chi connectivity index (χ0) is 20.9. The van der Waals surface area contributed by atoms with Crippen molar-refractivity contribution in [2.24, 2.45) is 0 Å². The van der Waals surface area contributed by atoms with E-state index in [1.807, 2.05) is 18.2 Å². The molecule has 2 aromatic rings. The largest absolute Gasteiger partial charge is 0.495 e. The normalized spacial score (nSPS) is 18.6. The predicted molar refractivity (Wildman–Crippen MR) is 114 cm³/mol. The molecule has 158 valence electrons. The maximum atomic E-state index is 12.3. The molecule has 1 fully saturated rings. The van der Waals surface area contributed by atoms with Crippen LogP contribution in [0.3, 0.4) is 0 Å². The number of anilines is 1. The van der Waals surface area contributed by atoms with Gasteiger partial charge in [0, 0.05) is 32.7 Å². The van der Waals surface area contributed by atoms with Gasteiger partial charge in [-0.05, 0) is 37.2 Å². The van der Waals surface area contributed by atoms with E-state index in [2.05, 4.69) is 21.2 Å². The lowest BCUT2D eigenvalue weighted by atomic mass is 10.1. The quantitative estimate of drug-likeness (QED) is 0.557. The van der Waals surface area contributed by atoms with Gasteiger partial charge in [-0.3, -0.25) is 14.5 Å². The molecule has 1 saturated heterocycles. The molecule has 2 aliphatic rings. The Morgan fingerprint density at radius 1 is 1.10 bits per heavy atom. The Labute approximate surface area is 176 Å². The number of nitrogens with zero attached hydrogens (tertiary/aromatic N) is 2. The van der Waals surface area contributed by atoms with Crippen LogP contribution in [0, 0.1) is 0 Å². The van der Waals surface area contributed by atoms with E-state index in [-0.39, 0.29) is 11.7 Å². The van der Waals surface area contributed by atoms with Gasteiger partial charge < -0.3 is 19.7 Å². The van der Waals surface area contributed by atoms with Gasteiger partial charge in [-0.15, -0.1) is 0 Å². The molecule has 0 saturated carbocycles. The Hall–Kier alpha value is -3.06. The molecular weight excluding hydrogens is 382 g/mol. The zero-order valence-corrected chi connectivity index (χ0v) is 17.2. The van der Waals surface area contributed by atoms with Gasteiger partial charge in [-0.1, -0.05) is 24.3 Å². The van der Waals surface area contributed by atoms with E-state index in [9.17, 15) is 9.59 Å². The van der Waals surface area contributed by atoms with Gasteiger partial charge in [-0.2, -0.15) is 0 Å². The van der Waals surface area contributed by atoms with Crippen molar-refractivity contribution in [2.45, 2.75) is 12.5 Å². The first-order chi connectivity index (χ1) is 14.7. The Kier molecular flexibility index (Phi) is 6.18. The minimum absolute atomic E-state index is 0.268. The predicted octanol–water partition coefficient (Wildman–Crippen LogP) is 1.97. The summed E-state index contributed by atoms with van der Waals surface area (Å²) >= 11 is 0. The van der Waals surface area contributed by atoms with Crippen LogP contribution in [0.2, 0.25) is 0 Å². The van der Waals surface area contributed by atoms with E-state index in [1.54, 1.807) is 31.4 Å². The molecule has 1 atom stereocenters. The number of Topliss-reactive ketones (excluding diaryl/α,β-unsaturated/α-hetero) is 1. The van der Waals surface area contributed by atoms with Gasteiger partial charge in [0.05, 0.1) is 18.4 Å². The number of piperazine rings is 1. The van der Waals surface area contributed by atoms with Gasteiger partial charge >= 0.3 is 0 Å². The summed E-state index contributed by atoms with van der Waals surface area (Å²) in [4.78, 5) is 29.4. The van der Waals surface area contributed by atoms with Crippen molar-refractivity contribution in [3.8, 4) is 11.5 Å². The molecule has 1 N–H and O–H groups in total. The third kappa shape index (κ3) is 4.26. The third-order valence-electron chi connectivity index (χ3n) is 5.62. The molecule has 0 aliphatic carbocycles. The van der Waals surface area contributed by atoms with Crippen molar-refractivity contribution >= 4 is 17.4 Å². The van der Waals surface area contributed by atoms with E-state index in [0.717, 1.165) is 50.6 Å². The summed E-state index contributed by atoms with van der Waals surface area (Å²) in [5.41, 5.74) is 1.61. The number of benzene rings is 2. The summed E-state index contributed by atoms with van der Waals surface area (Å²) in [6, 6.07) is 15.1. The van der Waals surface area contributed by atoms with Crippen LogP contribution >= 0.6 is 0 Å². The first-order valence-corrected chi connectivity index (χ1v) is 10.4. The molecule has 2 aromatic carbocycles. The maximum Gasteiger partial charge on any atom is 0.269 e. The Balaban J connectivity index is 1.18. The number of methoxy groups -OCH3 is 1. The van der Waals surface area contributed by atoms with E-state index in [0.29, 0.717) is 17.9 Å². The van der Waals surface area contributed by atoms with Crippen LogP contribution in [0.4, 0.5) is 5.69 Å². The first kappa shape index (κ1) is 20.2. The first-order valence-electron chi connectivity index (χ1n) is 10.4. The number of nitrogens with one attached hydrogen (secondary N) is 1. The number of hydrogen-bond acceptors (Lipinski definition) is 6. The van der Waals surface area contributed by atoms with Crippen LogP contribution in [0.15, 0.2) is 48.5 Å². The molecule has 2 aliphatic heterocycles. The topological polar surface area (TPSA) is 71.1 Å². The number of carbonyl (C=O) groups is 2. The van der Waals surface area contributed by atoms with Crippen LogP contribution in [-0.4, -0.2) is 69.1 Å². The van der Waals surface area contributed by atoms with Crippen LogP contribution in [0.25, 0.3) is 0 Å². The fourth-order valence-electron chi connectivity index (χ4n) is 3.98. The highest BCUT2D eigenvalue weighted by atomic mass is 16.5. The zero-order valence-electron chi connectivity index (χ0n) is 17.2. The highest BCUT2D eigenvalue weighted by molar-refractivity contribution is 6.16. The van der Waals surface area contributed by atoms with Gasteiger partial charge in [0.25, 0.3) is 5.91 Å². The highest BCUT2D eigenvalue weighted by Crippen LogP contribution is 2.29. The molecule has 0 radical (unpaired) electrons. The van der Waals surface area contributed by atoms with Crippen molar-refractivity contribution in [1.82, 2.24) is 10.2 Å². The number of para-hydroxylation sites is 3. The number of ether oxygens (including phenoxy) is 2. The second kappa shape index (κ2) is 9.17. The molecule has 0 aromatic heterocycles. The molecule has 30 heavy (non-hydrogen) atoms. The van der Waals surface area contributed by atoms with Crippen LogP contribution in [-0.2, 0) is 4.79 Å². The summed E-state index contributed by atoms with van der Waals surface area (Å²) in [6.07, 6.45) is -0.236.